The molecule has 1 saturated carbocycles. The van der Waals surface area contributed by atoms with Gasteiger partial charge >= 0.3 is 5.97 Å². The lowest BCUT2D eigenvalue weighted by Crippen LogP contribution is -2.32. The van der Waals surface area contributed by atoms with Crippen molar-refractivity contribution in [2.75, 3.05) is 10.8 Å². The summed E-state index contributed by atoms with van der Waals surface area (Å²) in [5, 5.41) is 1.40. The van der Waals surface area contributed by atoms with E-state index in [1.54, 1.807) is 67.6 Å². The number of ether oxygens (including phenoxy) is 1. The second kappa shape index (κ2) is 12.5. The lowest BCUT2D eigenvalue weighted by molar-refractivity contribution is -0.123. The van der Waals surface area contributed by atoms with Gasteiger partial charge in [0.05, 0.1) is 39.3 Å². The molecule has 5 unspecified atom stereocenters. The van der Waals surface area contributed by atoms with Crippen LogP contribution < -0.4 is 4.90 Å². The number of halogens is 4. The number of hydrogen-bond acceptors (Lipinski definition) is 6. The monoisotopic (exact) mass is 750 g/mol. The third kappa shape index (κ3) is 5.49. The van der Waals surface area contributed by atoms with Crippen molar-refractivity contribution in [3.63, 3.8) is 0 Å². The third-order valence-corrected chi connectivity index (χ3v) is 11.2. The molecule has 47 heavy (non-hydrogen) atoms. The second-order valence-corrected chi connectivity index (χ2v) is 14.1. The van der Waals surface area contributed by atoms with Gasteiger partial charge in [-0.05, 0) is 95.2 Å². The summed E-state index contributed by atoms with van der Waals surface area (Å²) in [7, 11) is 0. The second-order valence-electron chi connectivity index (χ2n) is 12.0. The Morgan fingerprint density at radius 2 is 1.62 bits per heavy atom. The number of carbonyl (C=O) groups is 4. The van der Waals surface area contributed by atoms with Gasteiger partial charge in [0, 0.05) is 38.3 Å². The number of rotatable bonds is 8. The van der Waals surface area contributed by atoms with Crippen molar-refractivity contribution >= 4 is 90.9 Å². The molecule has 0 radical (unpaired) electrons. The van der Waals surface area contributed by atoms with Gasteiger partial charge in [0.2, 0.25) is 17.6 Å². The van der Waals surface area contributed by atoms with E-state index in [9.17, 15) is 19.2 Å². The van der Waals surface area contributed by atoms with Crippen molar-refractivity contribution in [3.8, 4) is 11.3 Å². The SMILES string of the molecule is Cc1c(Cl)c(Br)cc2c(C(=O)OC(CCCl)C(=O)c3ccc(Cl)cc3)cc(-c3ccc(N4C(=O)C5C6C=CC(C6)C5C4=O)cc3)nc12. The number of hydrogen-bond donors (Lipinski definition) is 0. The lowest BCUT2D eigenvalue weighted by atomic mass is 9.85. The highest BCUT2D eigenvalue weighted by molar-refractivity contribution is 9.10. The first-order chi connectivity index (χ1) is 22.6. The van der Waals surface area contributed by atoms with Crippen LogP contribution in [0.25, 0.3) is 22.2 Å². The van der Waals surface area contributed by atoms with E-state index in [0.29, 0.717) is 53.5 Å². The van der Waals surface area contributed by atoms with Crippen LogP contribution >= 0.6 is 50.7 Å². The minimum absolute atomic E-state index is 0.0908. The molecule has 3 aliphatic rings. The van der Waals surface area contributed by atoms with E-state index in [-0.39, 0.29) is 53.4 Å². The third-order valence-electron chi connectivity index (χ3n) is 9.38. The van der Waals surface area contributed by atoms with Gasteiger partial charge in [0.25, 0.3) is 0 Å². The summed E-state index contributed by atoms with van der Waals surface area (Å²) < 4.78 is 6.40. The quantitative estimate of drug-likeness (QED) is 0.0589. The van der Waals surface area contributed by atoms with Crippen LogP contribution in [0.2, 0.25) is 10.0 Å². The van der Waals surface area contributed by atoms with E-state index >= 15 is 0 Å². The highest BCUT2D eigenvalue weighted by atomic mass is 79.9. The summed E-state index contributed by atoms with van der Waals surface area (Å²) in [6, 6.07) is 16.6. The number of fused-ring (bicyclic) bond motifs is 6. The van der Waals surface area contributed by atoms with Gasteiger partial charge in [-0.3, -0.25) is 19.3 Å². The van der Waals surface area contributed by atoms with E-state index in [4.69, 9.17) is 44.5 Å². The molecule has 1 saturated heterocycles. The van der Waals surface area contributed by atoms with Crippen molar-refractivity contribution in [3.05, 3.63) is 104 Å². The molecular weight excluding hydrogens is 727 g/mol. The van der Waals surface area contributed by atoms with E-state index in [2.05, 4.69) is 28.1 Å². The molecule has 0 N–H and O–H groups in total. The van der Waals surface area contributed by atoms with Gasteiger partial charge in [0.1, 0.15) is 0 Å². The first-order valence-electron chi connectivity index (χ1n) is 15.1. The standard InChI is InChI=1S/C36H26BrCl3N2O5/c1-17-31(40)26(37)15-24-25(36(46)47-28(12-13-38)33(43)19-4-8-22(39)9-5-19)16-27(41-32(17)24)18-6-10-23(11-7-18)42-34(44)29-20-2-3-21(14-20)30(29)35(42)45/h2-11,15-16,20-21,28-30H,12-14H2,1H3. The van der Waals surface area contributed by atoms with Crippen molar-refractivity contribution in [2.45, 2.75) is 25.9 Å². The van der Waals surface area contributed by atoms with Crippen LogP contribution in [-0.2, 0) is 14.3 Å². The van der Waals surface area contributed by atoms with Crippen LogP contribution in [0.1, 0.15) is 39.1 Å². The highest BCUT2D eigenvalue weighted by Gasteiger charge is 2.59. The predicted octanol–water partition coefficient (Wildman–Crippen LogP) is 8.63. The summed E-state index contributed by atoms with van der Waals surface area (Å²) >= 11 is 22.1. The average Bonchev–Trinajstić information content (AvgIpc) is 3.76. The summed E-state index contributed by atoms with van der Waals surface area (Å²) in [6.45, 7) is 1.80. The molecule has 11 heteroatoms. The van der Waals surface area contributed by atoms with Crippen molar-refractivity contribution < 1.29 is 23.9 Å². The van der Waals surface area contributed by atoms with Gasteiger partial charge in [-0.25, -0.2) is 9.78 Å². The molecule has 1 aromatic heterocycles. The van der Waals surface area contributed by atoms with E-state index in [0.717, 1.165) is 6.42 Å². The Kier molecular flexibility index (Phi) is 8.49. The first kappa shape index (κ1) is 32.0. The Balaban J connectivity index is 1.23. The topological polar surface area (TPSA) is 93.6 Å². The zero-order chi connectivity index (χ0) is 33.1. The molecule has 2 heterocycles. The van der Waals surface area contributed by atoms with Gasteiger partial charge in [-0.2, -0.15) is 0 Å². The zero-order valence-electron chi connectivity index (χ0n) is 24.9. The fourth-order valence-electron chi connectivity index (χ4n) is 7.05. The van der Waals surface area contributed by atoms with E-state index < -0.39 is 17.9 Å². The van der Waals surface area contributed by atoms with Crippen molar-refractivity contribution in [1.82, 2.24) is 4.98 Å². The smallest absolute Gasteiger partial charge is 0.339 e. The van der Waals surface area contributed by atoms with Gasteiger partial charge in [0.15, 0.2) is 6.10 Å². The molecule has 7 nitrogen and oxygen atoms in total. The first-order valence-corrected chi connectivity index (χ1v) is 17.2. The van der Waals surface area contributed by atoms with Crippen molar-refractivity contribution in [2.24, 2.45) is 23.7 Å². The number of ketones is 1. The summed E-state index contributed by atoms with van der Waals surface area (Å²) in [5.74, 6) is -1.72. The summed E-state index contributed by atoms with van der Waals surface area (Å²) in [5.41, 5.74) is 3.20. The maximum absolute atomic E-state index is 13.9. The minimum atomic E-state index is -1.13. The number of aromatic nitrogens is 1. The van der Waals surface area contributed by atoms with Gasteiger partial charge in [-0.15, -0.1) is 11.6 Å². The number of carbonyl (C=O) groups excluding carboxylic acids is 4. The van der Waals surface area contributed by atoms with Crippen LogP contribution in [0.4, 0.5) is 5.69 Å². The van der Waals surface area contributed by atoms with E-state index in [1.165, 1.54) is 4.90 Å². The minimum Gasteiger partial charge on any atom is -0.450 e. The Labute approximate surface area is 294 Å². The number of benzene rings is 3. The van der Waals surface area contributed by atoms with Crippen LogP contribution in [0, 0.1) is 30.6 Å². The van der Waals surface area contributed by atoms with Gasteiger partial charge in [-0.1, -0.05) is 47.5 Å². The number of imide groups is 1. The molecule has 3 aromatic carbocycles. The molecule has 1 aliphatic heterocycles. The van der Waals surface area contributed by atoms with E-state index in [1.807, 2.05) is 0 Å². The predicted molar refractivity (Wildman–Crippen MR) is 185 cm³/mol. The molecule has 238 valence electrons. The van der Waals surface area contributed by atoms with Crippen LogP contribution in [0.3, 0.4) is 0 Å². The maximum atomic E-state index is 13.9. The number of nitrogens with zero attached hydrogens (tertiary/aromatic N) is 2. The molecule has 2 fully saturated rings. The maximum Gasteiger partial charge on any atom is 0.339 e. The molecule has 4 aromatic rings. The summed E-state index contributed by atoms with van der Waals surface area (Å²) in [6.07, 6.45) is 3.96. The zero-order valence-corrected chi connectivity index (χ0v) is 28.7. The molecule has 2 aliphatic carbocycles. The number of amides is 2. The van der Waals surface area contributed by atoms with Gasteiger partial charge < -0.3 is 4.74 Å². The number of pyridine rings is 1. The van der Waals surface area contributed by atoms with Crippen LogP contribution in [-0.4, -0.2) is 40.5 Å². The normalized spacial score (nSPS) is 21.9. The fraction of sp³-hybridized carbons (Fsp3) is 0.250. The number of alkyl halides is 1. The lowest BCUT2D eigenvalue weighted by Gasteiger charge is -2.19. The molecule has 2 bridgehead atoms. The fourth-order valence-corrected chi connectivity index (χ4v) is 8.04. The highest BCUT2D eigenvalue weighted by Crippen LogP contribution is 2.53. The largest absolute Gasteiger partial charge is 0.450 e. The Morgan fingerprint density at radius 3 is 2.23 bits per heavy atom. The van der Waals surface area contributed by atoms with Crippen LogP contribution in [0.15, 0.2) is 77.3 Å². The Hall–Kier alpha value is -3.56. The molecule has 2 amide bonds. The molecule has 0 spiro atoms. The number of esters is 1. The average molecular weight is 753 g/mol. The summed E-state index contributed by atoms with van der Waals surface area (Å²) in [4.78, 5) is 60.1. The van der Waals surface area contributed by atoms with Crippen molar-refractivity contribution in [1.29, 1.82) is 0 Å². The Morgan fingerprint density at radius 1 is 0.979 bits per heavy atom. The molecule has 5 atom stereocenters. The number of anilines is 1. The molecule has 7 rings (SSSR count). The number of Topliss-reactive ketones (excluding diaryl/α,β-unsaturated/α-hetero) is 1. The number of aryl methyl sites for hydroxylation is 1. The molecular formula is C36H26BrCl3N2O5. The van der Waals surface area contributed by atoms with Crippen LogP contribution in [0.5, 0.6) is 0 Å². The Bertz CT molecular complexity index is 1980. The number of allylic oxidation sites excluding steroid dienone is 2.